The molecule has 1 heterocycles. The van der Waals surface area contributed by atoms with Gasteiger partial charge in [0.15, 0.2) is 24.6 Å². The maximum absolute atomic E-state index is 13.1. The van der Waals surface area contributed by atoms with Gasteiger partial charge >= 0.3 is 23.9 Å². The van der Waals surface area contributed by atoms with Crippen molar-refractivity contribution < 1.29 is 58.2 Å². The number of unbranched alkanes of at least 4 members (excludes halogenated alkanes) is 24. The average Bonchev–Trinajstić information content (AvgIpc) is 3.39. The molecule has 0 aromatic heterocycles. The molecule has 1 fully saturated rings. The predicted octanol–water partition coefficient (Wildman–Crippen LogP) is 15.3. The summed E-state index contributed by atoms with van der Waals surface area (Å²) in [6, 6.07) is 0. The molecule has 6 unspecified atom stereocenters. The Hall–Kier alpha value is -3.84. The Labute approximate surface area is 455 Å². The zero-order chi connectivity index (χ0) is 54.7. The summed E-state index contributed by atoms with van der Waals surface area (Å²) in [4.78, 5) is 51.1. The molecule has 1 saturated heterocycles. The van der Waals surface area contributed by atoms with Crippen molar-refractivity contribution in [2.75, 3.05) is 13.2 Å². The van der Waals surface area contributed by atoms with Crippen molar-refractivity contribution in [1.29, 1.82) is 0 Å². The minimum atomic E-state index is -1.91. The summed E-state index contributed by atoms with van der Waals surface area (Å²) < 4.78 is 28.4. The number of aliphatic hydroxyl groups is 2. The van der Waals surface area contributed by atoms with Crippen molar-refractivity contribution in [1.82, 2.24) is 0 Å². The van der Waals surface area contributed by atoms with Crippen LogP contribution in [0.15, 0.2) is 72.9 Å². The number of aliphatic carboxylic acids is 1. The van der Waals surface area contributed by atoms with E-state index in [0.717, 1.165) is 122 Å². The number of hydrogen-bond donors (Lipinski definition) is 3. The van der Waals surface area contributed by atoms with Gasteiger partial charge in [-0.05, 0) is 103 Å². The molecule has 1 aliphatic rings. The third kappa shape index (κ3) is 41.0. The lowest BCUT2D eigenvalue weighted by atomic mass is 9.98. The van der Waals surface area contributed by atoms with E-state index in [1.165, 1.54) is 70.6 Å². The number of carboxylic acid groups (broad SMARTS) is 1. The topological polar surface area (TPSA) is 175 Å². The monoisotopic (exact) mass is 1050 g/mol. The lowest BCUT2D eigenvalue weighted by Gasteiger charge is -2.40. The lowest BCUT2D eigenvalue weighted by molar-refractivity contribution is -0.301. The Morgan fingerprint density at radius 1 is 0.453 bits per heavy atom. The molecule has 12 heteroatoms. The van der Waals surface area contributed by atoms with Gasteiger partial charge in [0.05, 0.1) is 6.61 Å². The van der Waals surface area contributed by atoms with Crippen LogP contribution in [0, 0.1) is 0 Å². The first-order chi connectivity index (χ1) is 36.6. The number of aliphatic hydroxyl groups excluding tert-OH is 2. The summed E-state index contributed by atoms with van der Waals surface area (Å²) in [5, 5.41) is 31.5. The molecule has 3 N–H and O–H groups in total. The molecule has 0 aromatic rings. The fourth-order valence-corrected chi connectivity index (χ4v) is 8.65. The second-order valence-corrected chi connectivity index (χ2v) is 20.2. The summed E-state index contributed by atoms with van der Waals surface area (Å²) >= 11 is 0. The minimum Gasteiger partial charge on any atom is -0.479 e. The molecule has 0 bridgehead atoms. The van der Waals surface area contributed by atoms with Crippen molar-refractivity contribution in [3.05, 3.63) is 72.9 Å². The number of esters is 3. The van der Waals surface area contributed by atoms with E-state index in [0.29, 0.717) is 19.3 Å². The molecule has 75 heavy (non-hydrogen) atoms. The molecule has 0 aliphatic carbocycles. The zero-order valence-corrected chi connectivity index (χ0v) is 47.3. The fourth-order valence-electron chi connectivity index (χ4n) is 8.65. The Morgan fingerprint density at radius 3 is 1.36 bits per heavy atom. The highest BCUT2D eigenvalue weighted by atomic mass is 16.7. The Morgan fingerprint density at radius 2 is 0.867 bits per heavy atom. The molecule has 430 valence electrons. The van der Waals surface area contributed by atoms with E-state index in [9.17, 15) is 34.5 Å². The SMILES string of the molecule is CC/C=C\C/C=C\C/C=C\CCCCCC(=O)OCC(COC1OC(C(=O)O)C(O)C(O)C1OC(=O)CCCCCCCCCCC/C=C\CCCCCCCC)OC(=O)CCCCCCC/C=C\C/C=C\CCC. The van der Waals surface area contributed by atoms with Crippen molar-refractivity contribution in [3.63, 3.8) is 0 Å². The van der Waals surface area contributed by atoms with Gasteiger partial charge in [0.25, 0.3) is 0 Å². The molecular weight excluding hydrogens is 949 g/mol. The van der Waals surface area contributed by atoms with Crippen molar-refractivity contribution in [2.45, 2.75) is 289 Å². The number of allylic oxidation sites excluding steroid dienone is 12. The van der Waals surface area contributed by atoms with E-state index < -0.39 is 67.3 Å². The van der Waals surface area contributed by atoms with Crippen LogP contribution in [0.3, 0.4) is 0 Å². The zero-order valence-electron chi connectivity index (χ0n) is 47.3. The number of ether oxygens (including phenoxy) is 5. The summed E-state index contributed by atoms with van der Waals surface area (Å²) in [5.74, 6) is -3.18. The van der Waals surface area contributed by atoms with E-state index in [1.807, 2.05) is 0 Å². The predicted molar refractivity (Wildman–Crippen MR) is 303 cm³/mol. The molecule has 0 amide bonds. The third-order valence-electron chi connectivity index (χ3n) is 13.2. The number of carboxylic acids is 1. The van der Waals surface area contributed by atoms with Crippen LogP contribution >= 0.6 is 0 Å². The largest absolute Gasteiger partial charge is 0.479 e. The molecule has 6 atom stereocenters. The molecule has 0 spiro atoms. The van der Waals surface area contributed by atoms with Crippen LogP contribution in [0.25, 0.3) is 0 Å². The number of carbonyl (C=O) groups excluding carboxylic acids is 3. The maximum Gasteiger partial charge on any atom is 0.335 e. The first-order valence-electron chi connectivity index (χ1n) is 29.9. The second-order valence-electron chi connectivity index (χ2n) is 20.2. The molecular formula is C63H106O12. The normalized spacial score (nSPS) is 18.7. The highest BCUT2D eigenvalue weighted by Crippen LogP contribution is 2.26. The first-order valence-corrected chi connectivity index (χ1v) is 29.9. The van der Waals surface area contributed by atoms with Gasteiger partial charge in [-0.15, -0.1) is 0 Å². The first kappa shape index (κ1) is 69.2. The second kappa shape index (κ2) is 50.9. The van der Waals surface area contributed by atoms with Crippen LogP contribution in [-0.2, 0) is 42.9 Å². The summed E-state index contributed by atoms with van der Waals surface area (Å²) in [5.41, 5.74) is 0. The Bertz CT molecular complexity index is 1580. The molecule has 12 nitrogen and oxygen atoms in total. The van der Waals surface area contributed by atoms with Crippen LogP contribution in [0.1, 0.15) is 252 Å². The van der Waals surface area contributed by atoms with Gasteiger partial charge in [0.1, 0.15) is 18.8 Å². The smallest absolute Gasteiger partial charge is 0.335 e. The Kier molecular flexibility index (Phi) is 47.0. The van der Waals surface area contributed by atoms with Gasteiger partial charge < -0.3 is 39.0 Å². The highest BCUT2D eigenvalue weighted by Gasteiger charge is 2.50. The summed E-state index contributed by atoms with van der Waals surface area (Å²) in [6.07, 6.45) is 51.6. The minimum absolute atomic E-state index is 0.0523. The van der Waals surface area contributed by atoms with Crippen molar-refractivity contribution in [3.8, 4) is 0 Å². The third-order valence-corrected chi connectivity index (χ3v) is 13.2. The van der Waals surface area contributed by atoms with Gasteiger partial charge in [0.2, 0.25) is 0 Å². The van der Waals surface area contributed by atoms with Gasteiger partial charge in [-0.25, -0.2) is 4.79 Å². The van der Waals surface area contributed by atoms with Crippen LogP contribution in [0.5, 0.6) is 0 Å². The lowest BCUT2D eigenvalue weighted by Crippen LogP contribution is -2.61. The molecule has 1 aliphatic heterocycles. The van der Waals surface area contributed by atoms with Crippen molar-refractivity contribution >= 4 is 23.9 Å². The quantitative estimate of drug-likeness (QED) is 0.0228. The number of rotatable bonds is 50. The van der Waals surface area contributed by atoms with E-state index >= 15 is 0 Å². The highest BCUT2D eigenvalue weighted by molar-refractivity contribution is 5.74. The van der Waals surface area contributed by atoms with E-state index in [4.69, 9.17) is 23.7 Å². The fraction of sp³-hybridized carbons (Fsp3) is 0.746. The molecule has 0 saturated carbocycles. The van der Waals surface area contributed by atoms with Crippen LogP contribution in [0.4, 0.5) is 0 Å². The van der Waals surface area contributed by atoms with E-state index in [1.54, 1.807) is 0 Å². The van der Waals surface area contributed by atoms with Gasteiger partial charge in [0, 0.05) is 19.3 Å². The van der Waals surface area contributed by atoms with E-state index in [-0.39, 0.29) is 25.9 Å². The van der Waals surface area contributed by atoms with Gasteiger partial charge in [-0.2, -0.15) is 0 Å². The Balaban J connectivity index is 2.68. The average molecular weight is 1060 g/mol. The van der Waals surface area contributed by atoms with Crippen molar-refractivity contribution in [2.24, 2.45) is 0 Å². The van der Waals surface area contributed by atoms with Gasteiger partial charge in [-0.1, -0.05) is 203 Å². The van der Waals surface area contributed by atoms with Gasteiger partial charge in [-0.3, -0.25) is 14.4 Å². The molecule has 0 aromatic carbocycles. The number of carbonyl (C=O) groups is 4. The van der Waals surface area contributed by atoms with E-state index in [2.05, 4.69) is 93.7 Å². The van der Waals surface area contributed by atoms with Crippen LogP contribution < -0.4 is 0 Å². The molecule has 0 radical (unpaired) electrons. The summed E-state index contributed by atoms with van der Waals surface area (Å²) in [7, 11) is 0. The maximum atomic E-state index is 13.1. The molecule has 1 rings (SSSR count). The number of hydrogen-bond acceptors (Lipinski definition) is 11. The summed E-state index contributed by atoms with van der Waals surface area (Å²) in [6.45, 7) is 5.78. The van der Waals surface area contributed by atoms with Crippen LogP contribution in [-0.4, -0.2) is 89.2 Å². The van der Waals surface area contributed by atoms with Crippen LogP contribution in [0.2, 0.25) is 0 Å². The standard InChI is InChI=1S/C63H106O12/c1-4-7-10-13-16-19-22-25-26-27-28-29-30-33-36-39-42-45-48-51-57(66)74-61-59(68)58(67)60(62(69)70)75-63(61)72-53-54(73-56(65)50-47-44-41-38-35-32-24-21-18-15-12-9-6-3)52-71-55(64)49-46-43-40-37-34-31-23-20-17-14-11-8-5-2/h8,11-12,15,17,20-21,24-26,31,34,54,58-61,63,67-68H,4-7,9-10,13-14,16,18-19,22-23,27-30,32-33,35-53H2,1-3H3,(H,69,70)/b11-8-,15-12-,20-17-,24-21-,26-25-,34-31-.